The number of aliphatic imine (C=N–C) groups is 1. The summed E-state index contributed by atoms with van der Waals surface area (Å²) < 4.78 is 0. The average Bonchev–Trinajstić information content (AvgIpc) is 3.33. The second kappa shape index (κ2) is 12.8. The molecule has 0 spiro atoms. The number of likely N-dealkylation sites (tertiary alicyclic amines) is 1. The van der Waals surface area contributed by atoms with Gasteiger partial charge in [0.25, 0.3) is 5.91 Å². The first-order valence-electron chi connectivity index (χ1n) is 13.8. The number of thioether (sulfide) groups is 1. The standard InChI is InChI=1S/C31H41N3O2S/c1-5-34(27-14-10-7-11-15-27)30(35)23(3)21-37-24(4)25-16-18-33(19-17-25)31(36)28-22(2)20-32-29(28)26-12-8-6-9-13-26/h6,8-9,12-13,21,25,27H,4-5,7,10-11,14-20H2,1-3H3/b23-21+. The summed E-state index contributed by atoms with van der Waals surface area (Å²) in [4.78, 5) is 36.4. The van der Waals surface area contributed by atoms with E-state index in [2.05, 4.69) is 23.4 Å². The topological polar surface area (TPSA) is 53.0 Å². The molecule has 2 aliphatic heterocycles. The molecule has 1 saturated heterocycles. The first kappa shape index (κ1) is 27.4. The zero-order valence-electron chi connectivity index (χ0n) is 22.7. The van der Waals surface area contributed by atoms with Gasteiger partial charge in [0.1, 0.15) is 0 Å². The van der Waals surface area contributed by atoms with Gasteiger partial charge in [0.2, 0.25) is 5.91 Å². The monoisotopic (exact) mass is 519 g/mol. The smallest absolute Gasteiger partial charge is 0.256 e. The van der Waals surface area contributed by atoms with E-state index in [1.54, 1.807) is 11.8 Å². The third-order valence-electron chi connectivity index (χ3n) is 7.98. The first-order valence-corrected chi connectivity index (χ1v) is 14.7. The number of carbonyl (C=O) groups is 2. The number of likely N-dealkylation sites (N-methyl/N-ethyl adjacent to an activating group) is 1. The summed E-state index contributed by atoms with van der Waals surface area (Å²) >= 11 is 1.59. The Morgan fingerprint density at radius 3 is 2.43 bits per heavy atom. The largest absolute Gasteiger partial charge is 0.339 e. The van der Waals surface area contributed by atoms with Gasteiger partial charge in [0.15, 0.2) is 0 Å². The van der Waals surface area contributed by atoms with Crippen LogP contribution in [0.2, 0.25) is 0 Å². The Morgan fingerprint density at radius 1 is 1.11 bits per heavy atom. The highest BCUT2D eigenvalue weighted by Gasteiger charge is 2.31. The summed E-state index contributed by atoms with van der Waals surface area (Å²) in [5.41, 5.74) is 4.44. The van der Waals surface area contributed by atoms with E-state index in [-0.39, 0.29) is 11.8 Å². The minimum atomic E-state index is 0.0954. The lowest BCUT2D eigenvalue weighted by atomic mass is 9.94. The first-order chi connectivity index (χ1) is 17.9. The number of allylic oxidation sites excluding steroid dienone is 1. The number of hydrogen-bond acceptors (Lipinski definition) is 4. The van der Waals surface area contributed by atoms with E-state index in [1.165, 1.54) is 19.3 Å². The molecule has 0 unspecified atom stereocenters. The predicted molar refractivity (Wildman–Crippen MR) is 155 cm³/mol. The molecule has 198 valence electrons. The molecule has 2 amide bonds. The van der Waals surface area contributed by atoms with E-state index in [0.717, 1.165) is 78.2 Å². The van der Waals surface area contributed by atoms with Crippen LogP contribution in [-0.4, -0.2) is 59.5 Å². The SMILES string of the molecule is C=C(S/C=C(\C)C(=O)N(CC)C1CCCCC1)C1CCN(C(=O)C2=C(C)CN=C2c2ccccc2)CC1. The molecular formula is C31H41N3O2S. The van der Waals surface area contributed by atoms with E-state index in [1.807, 2.05) is 54.5 Å². The lowest BCUT2D eigenvalue weighted by molar-refractivity contribution is -0.130. The lowest BCUT2D eigenvalue weighted by Gasteiger charge is -2.34. The summed E-state index contributed by atoms with van der Waals surface area (Å²) in [7, 11) is 0. The Kier molecular flexibility index (Phi) is 9.47. The van der Waals surface area contributed by atoms with Crippen molar-refractivity contribution in [2.24, 2.45) is 10.9 Å². The van der Waals surface area contributed by atoms with Crippen LogP contribution in [0.15, 0.2) is 68.9 Å². The summed E-state index contributed by atoms with van der Waals surface area (Å²) in [6, 6.07) is 10.4. The van der Waals surface area contributed by atoms with Gasteiger partial charge in [0.05, 0.1) is 17.8 Å². The van der Waals surface area contributed by atoms with Crippen molar-refractivity contribution in [3.8, 4) is 0 Å². The molecule has 37 heavy (non-hydrogen) atoms. The Bertz CT molecular complexity index is 1090. The van der Waals surface area contributed by atoms with Gasteiger partial charge in [-0.05, 0) is 68.3 Å². The second-order valence-corrected chi connectivity index (χ2v) is 11.5. The lowest BCUT2D eigenvalue weighted by Crippen LogP contribution is -2.41. The number of carbonyl (C=O) groups excluding carboxylic acids is 2. The van der Waals surface area contributed by atoms with Crippen LogP contribution < -0.4 is 0 Å². The molecule has 3 aliphatic rings. The van der Waals surface area contributed by atoms with Gasteiger partial charge >= 0.3 is 0 Å². The Hall–Kier alpha value is -2.60. The van der Waals surface area contributed by atoms with Crippen LogP contribution >= 0.6 is 11.8 Å². The highest BCUT2D eigenvalue weighted by atomic mass is 32.2. The summed E-state index contributed by atoms with van der Waals surface area (Å²) in [6.45, 7) is 13.2. The van der Waals surface area contributed by atoms with Gasteiger partial charge in [0, 0.05) is 36.8 Å². The third kappa shape index (κ3) is 6.46. The van der Waals surface area contributed by atoms with E-state index < -0.39 is 0 Å². The molecule has 4 rings (SSSR count). The van der Waals surface area contributed by atoms with Crippen molar-refractivity contribution in [2.75, 3.05) is 26.2 Å². The fourth-order valence-corrected chi connectivity index (χ4v) is 6.59. The molecule has 0 aromatic heterocycles. The maximum Gasteiger partial charge on any atom is 0.256 e. The van der Waals surface area contributed by atoms with Crippen molar-refractivity contribution in [2.45, 2.75) is 71.8 Å². The van der Waals surface area contributed by atoms with Crippen LogP contribution in [0.3, 0.4) is 0 Å². The molecule has 1 aliphatic carbocycles. The van der Waals surface area contributed by atoms with Gasteiger partial charge in [-0.2, -0.15) is 0 Å². The molecule has 0 N–H and O–H groups in total. The molecule has 1 aromatic rings. The quantitative estimate of drug-likeness (QED) is 0.375. The van der Waals surface area contributed by atoms with Crippen LogP contribution in [0.5, 0.6) is 0 Å². The van der Waals surface area contributed by atoms with Gasteiger partial charge in [-0.3, -0.25) is 14.6 Å². The maximum atomic E-state index is 13.5. The summed E-state index contributed by atoms with van der Waals surface area (Å²) in [5.74, 6) is 0.596. The Labute approximate surface area is 226 Å². The van der Waals surface area contributed by atoms with Crippen molar-refractivity contribution >= 4 is 29.3 Å². The fraction of sp³-hybridized carbons (Fsp3) is 0.516. The number of benzene rings is 1. The van der Waals surface area contributed by atoms with Crippen LogP contribution in [0.25, 0.3) is 0 Å². The molecule has 1 aromatic carbocycles. The fourth-order valence-electron chi connectivity index (χ4n) is 5.73. The molecule has 0 atom stereocenters. The molecule has 2 heterocycles. The number of hydrogen-bond donors (Lipinski definition) is 0. The zero-order chi connectivity index (χ0) is 26.4. The Morgan fingerprint density at radius 2 is 1.78 bits per heavy atom. The van der Waals surface area contributed by atoms with E-state index in [9.17, 15) is 9.59 Å². The molecule has 1 saturated carbocycles. The summed E-state index contributed by atoms with van der Waals surface area (Å²) in [6.07, 6.45) is 7.77. The van der Waals surface area contributed by atoms with Crippen molar-refractivity contribution in [3.63, 3.8) is 0 Å². The predicted octanol–water partition coefficient (Wildman–Crippen LogP) is 6.38. The number of rotatable bonds is 8. The number of piperidine rings is 1. The normalized spacial score (nSPS) is 19.7. The van der Waals surface area contributed by atoms with Crippen molar-refractivity contribution in [3.05, 3.63) is 69.5 Å². The number of amides is 2. The van der Waals surface area contributed by atoms with Gasteiger partial charge in [-0.15, -0.1) is 11.8 Å². The van der Waals surface area contributed by atoms with Crippen LogP contribution in [0.4, 0.5) is 0 Å². The third-order valence-corrected chi connectivity index (χ3v) is 9.09. The second-order valence-electron chi connectivity index (χ2n) is 10.5. The highest BCUT2D eigenvalue weighted by Crippen LogP contribution is 2.34. The molecule has 5 nitrogen and oxygen atoms in total. The molecular weight excluding hydrogens is 478 g/mol. The van der Waals surface area contributed by atoms with Gasteiger partial charge < -0.3 is 9.80 Å². The van der Waals surface area contributed by atoms with Crippen molar-refractivity contribution in [1.29, 1.82) is 0 Å². The maximum absolute atomic E-state index is 13.5. The van der Waals surface area contributed by atoms with Crippen molar-refractivity contribution in [1.82, 2.24) is 9.80 Å². The molecule has 2 fully saturated rings. The summed E-state index contributed by atoms with van der Waals surface area (Å²) in [5, 5.41) is 1.99. The number of nitrogens with zero attached hydrogens (tertiary/aromatic N) is 3. The average molecular weight is 520 g/mol. The molecule has 0 radical (unpaired) electrons. The minimum Gasteiger partial charge on any atom is -0.339 e. The van der Waals surface area contributed by atoms with Gasteiger partial charge in [-0.1, -0.05) is 56.2 Å². The van der Waals surface area contributed by atoms with E-state index in [0.29, 0.717) is 18.5 Å². The van der Waals surface area contributed by atoms with Crippen LogP contribution in [-0.2, 0) is 9.59 Å². The van der Waals surface area contributed by atoms with E-state index in [4.69, 9.17) is 0 Å². The zero-order valence-corrected chi connectivity index (χ0v) is 23.5. The Balaban J connectivity index is 1.30. The van der Waals surface area contributed by atoms with Crippen molar-refractivity contribution < 1.29 is 9.59 Å². The minimum absolute atomic E-state index is 0.0954. The van der Waals surface area contributed by atoms with Gasteiger partial charge in [-0.25, -0.2) is 0 Å². The molecule has 6 heteroatoms. The molecule has 0 bridgehead atoms. The highest BCUT2D eigenvalue weighted by molar-refractivity contribution is 8.05. The van der Waals surface area contributed by atoms with E-state index >= 15 is 0 Å². The van der Waals surface area contributed by atoms with Crippen LogP contribution in [0, 0.1) is 5.92 Å². The van der Waals surface area contributed by atoms with Crippen LogP contribution in [0.1, 0.15) is 71.3 Å².